The third kappa shape index (κ3) is 4.46. The fourth-order valence-corrected chi connectivity index (χ4v) is 12.1. The number of hydrogen-bond acceptors (Lipinski definition) is 10. The van der Waals surface area contributed by atoms with Crippen molar-refractivity contribution in [1.82, 2.24) is 0 Å². The van der Waals surface area contributed by atoms with Gasteiger partial charge >= 0.3 is 5.97 Å². The second-order valence-electron chi connectivity index (χ2n) is 18.0. The Morgan fingerprint density at radius 1 is 0.848 bits per heavy atom. The second kappa shape index (κ2) is 10.9. The number of hydrogen-bond donors (Lipinski definition) is 7. The molecule has 0 bridgehead atoms. The molecule has 10 nitrogen and oxygen atoms in total. The van der Waals surface area contributed by atoms with Crippen LogP contribution in [0.5, 0.6) is 0 Å². The molecule has 262 valence electrons. The number of ether oxygens (including phenoxy) is 2. The number of esters is 1. The maximum absolute atomic E-state index is 14.4. The van der Waals surface area contributed by atoms with Crippen molar-refractivity contribution in [3.05, 3.63) is 11.6 Å². The first-order chi connectivity index (χ1) is 21.2. The van der Waals surface area contributed by atoms with Gasteiger partial charge in [-0.25, -0.2) is 0 Å². The molecule has 5 fully saturated rings. The molecule has 10 heteroatoms. The molecule has 7 N–H and O–H groups in total. The Kier molecular flexibility index (Phi) is 8.27. The van der Waals surface area contributed by atoms with E-state index in [0.29, 0.717) is 32.1 Å². The van der Waals surface area contributed by atoms with Gasteiger partial charge in [0.15, 0.2) is 0 Å². The Hall–Kier alpha value is -1.11. The van der Waals surface area contributed by atoms with Gasteiger partial charge in [-0.1, -0.05) is 60.1 Å². The normalized spacial score (nSPS) is 54.3. The molecule has 15 atom stereocenters. The molecule has 0 amide bonds. The van der Waals surface area contributed by atoms with E-state index in [2.05, 4.69) is 40.7 Å². The van der Waals surface area contributed by atoms with Crippen molar-refractivity contribution in [2.45, 2.75) is 149 Å². The molecule has 4 saturated carbocycles. The lowest BCUT2D eigenvalue weighted by molar-refractivity contribution is -0.298. The highest BCUT2D eigenvalue weighted by molar-refractivity contribution is 5.79. The highest BCUT2D eigenvalue weighted by Crippen LogP contribution is 2.75. The maximum Gasteiger partial charge on any atom is 0.315 e. The summed E-state index contributed by atoms with van der Waals surface area (Å²) in [5.74, 6) is -0.666. The molecule has 6 aliphatic rings. The summed E-state index contributed by atoms with van der Waals surface area (Å²) >= 11 is 0. The average molecular weight is 651 g/mol. The van der Waals surface area contributed by atoms with Crippen LogP contribution in [0.3, 0.4) is 0 Å². The zero-order valence-corrected chi connectivity index (χ0v) is 28.6. The summed E-state index contributed by atoms with van der Waals surface area (Å²) in [6.07, 6.45) is -2.48. The van der Waals surface area contributed by atoms with Crippen molar-refractivity contribution in [3.8, 4) is 0 Å². The Balaban J connectivity index is 1.39. The molecule has 0 aromatic carbocycles. The molecule has 0 spiro atoms. The van der Waals surface area contributed by atoms with Gasteiger partial charge in [-0.3, -0.25) is 4.79 Å². The topological polar surface area (TPSA) is 177 Å². The minimum atomic E-state index is -1.70. The second-order valence-corrected chi connectivity index (χ2v) is 18.0. The van der Waals surface area contributed by atoms with E-state index in [4.69, 9.17) is 9.47 Å². The number of carbonyl (C=O) groups excluding carboxylic acids is 1. The van der Waals surface area contributed by atoms with Crippen LogP contribution in [0.2, 0.25) is 0 Å². The van der Waals surface area contributed by atoms with E-state index in [-0.39, 0.29) is 28.1 Å². The molecule has 1 heterocycles. The SMILES string of the molecule is CC1(C)CC[C@]2(C(=O)O[C@H]3O[C@@H](CO)[C@H](O)[C@@H](O)[C@@H]3O)CC[C@]3(C)C(=CC[C@@H]4[C@@]5(C)C[C@@H](O)[C@H](O)C(C)(C)[C@@H]5CC[C@]43C)[C@@H]2[C@@H]1O. The lowest BCUT2D eigenvalue weighted by Gasteiger charge is -2.71. The van der Waals surface area contributed by atoms with Crippen molar-refractivity contribution >= 4 is 5.97 Å². The van der Waals surface area contributed by atoms with Crippen molar-refractivity contribution in [1.29, 1.82) is 0 Å². The van der Waals surface area contributed by atoms with Gasteiger partial charge in [-0.05, 0) is 90.3 Å². The quantitative estimate of drug-likeness (QED) is 0.177. The van der Waals surface area contributed by atoms with Crippen LogP contribution in [0, 0.1) is 50.2 Å². The summed E-state index contributed by atoms with van der Waals surface area (Å²) in [4.78, 5) is 14.4. The van der Waals surface area contributed by atoms with Crippen molar-refractivity contribution in [2.24, 2.45) is 50.2 Å². The van der Waals surface area contributed by atoms with Crippen molar-refractivity contribution in [3.63, 3.8) is 0 Å². The molecule has 1 saturated heterocycles. The molecule has 0 aromatic rings. The molecular weight excluding hydrogens is 592 g/mol. The smallest absolute Gasteiger partial charge is 0.315 e. The molecule has 0 radical (unpaired) electrons. The number of rotatable bonds is 3. The Morgan fingerprint density at radius 3 is 2.15 bits per heavy atom. The van der Waals surface area contributed by atoms with E-state index in [1.165, 1.54) is 0 Å². The lowest BCUT2D eigenvalue weighted by Crippen LogP contribution is -2.68. The van der Waals surface area contributed by atoms with Crippen molar-refractivity contribution in [2.75, 3.05) is 6.61 Å². The van der Waals surface area contributed by atoms with Crippen LogP contribution in [0.4, 0.5) is 0 Å². The van der Waals surface area contributed by atoms with Gasteiger partial charge in [0.1, 0.15) is 24.4 Å². The molecule has 46 heavy (non-hydrogen) atoms. The number of fused-ring (bicyclic) bond motifs is 7. The molecular formula is C36H58O10. The Bertz CT molecular complexity index is 1250. The molecule has 0 unspecified atom stereocenters. The van der Waals surface area contributed by atoms with E-state index >= 15 is 0 Å². The summed E-state index contributed by atoms with van der Waals surface area (Å²) < 4.78 is 11.4. The zero-order chi connectivity index (χ0) is 34.0. The number of allylic oxidation sites excluding steroid dienone is 1. The third-order valence-electron chi connectivity index (χ3n) is 15.3. The van der Waals surface area contributed by atoms with Crippen molar-refractivity contribution < 1.29 is 50.0 Å². The van der Waals surface area contributed by atoms with E-state index in [1.54, 1.807) is 0 Å². The van der Waals surface area contributed by atoms with Crippen LogP contribution < -0.4 is 0 Å². The van der Waals surface area contributed by atoms with Gasteiger partial charge in [0.2, 0.25) is 6.29 Å². The fraction of sp³-hybridized carbons (Fsp3) is 0.917. The summed E-state index contributed by atoms with van der Waals surface area (Å²) in [6.45, 7) is 14.6. The number of aliphatic hydroxyl groups is 7. The van der Waals surface area contributed by atoms with E-state index in [1.807, 2.05) is 13.8 Å². The van der Waals surface area contributed by atoms with Crippen LogP contribution in [-0.4, -0.2) is 97.3 Å². The summed E-state index contributed by atoms with van der Waals surface area (Å²) in [5, 5.41) is 75.3. The van der Waals surface area contributed by atoms with Crippen LogP contribution in [0.15, 0.2) is 11.6 Å². The van der Waals surface area contributed by atoms with E-state index in [9.17, 15) is 40.5 Å². The lowest BCUT2D eigenvalue weighted by atomic mass is 9.33. The summed E-state index contributed by atoms with van der Waals surface area (Å²) in [6, 6.07) is 0. The molecule has 5 aliphatic carbocycles. The largest absolute Gasteiger partial charge is 0.432 e. The first-order valence-corrected chi connectivity index (χ1v) is 17.5. The van der Waals surface area contributed by atoms with Gasteiger partial charge in [0, 0.05) is 5.92 Å². The van der Waals surface area contributed by atoms with Gasteiger partial charge in [0.25, 0.3) is 0 Å². The van der Waals surface area contributed by atoms with Crippen LogP contribution >= 0.6 is 0 Å². The Morgan fingerprint density at radius 2 is 1.50 bits per heavy atom. The molecule has 0 aromatic heterocycles. The number of aliphatic hydroxyl groups excluding tert-OH is 7. The van der Waals surface area contributed by atoms with E-state index < -0.39 is 83.8 Å². The highest BCUT2D eigenvalue weighted by atomic mass is 16.7. The summed E-state index contributed by atoms with van der Waals surface area (Å²) in [5.41, 5.74) is -1.64. The third-order valence-corrected chi connectivity index (χ3v) is 15.3. The molecule has 6 rings (SSSR count). The highest BCUT2D eigenvalue weighted by Gasteiger charge is 2.71. The van der Waals surface area contributed by atoms with Gasteiger partial charge in [-0.15, -0.1) is 0 Å². The monoisotopic (exact) mass is 650 g/mol. The maximum atomic E-state index is 14.4. The minimum Gasteiger partial charge on any atom is -0.432 e. The summed E-state index contributed by atoms with van der Waals surface area (Å²) in [7, 11) is 0. The predicted molar refractivity (Wildman–Crippen MR) is 168 cm³/mol. The fourth-order valence-electron chi connectivity index (χ4n) is 12.1. The van der Waals surface area contributed by atoms with Gasteiger partial charge in [-0.2, -0.15) is 0 Å². The van der Waals surface area contributed by atoms with Crippen LogP contribution in [-0.2, 0) is 14.3 Å². The standard InChI is InChI=1S/C36H58O10/c1-31(2)12-14-36(30(44)46-29-26(41)25(40)24(39)20(17-37)45-29)15-13-34(6)18(23(36)28(31)43)8-9-22-33(5)16-19(38)27(42)32(3,4)21(33)10-11-35(22,34)7/h8,19-29,37-43H,9-17H2,1-7H3/t19-,20+,21+,22-,23-,24+,25-,26+,27+,28+,29-,33+,34-,35-,36+/m1/s1. The predicted octanol–water partition coefficient (Wildman–Crippen LogP) is 2.43. The van der Waals surface area contributed by atoms with Crippen LogP contribution in [0.25, 0.3) is 0 Å². The minimum absolute atomic E-state index is 0.185. The van der Waals surface area contributed by atoms with Crippen LogP contribution in [0.1, 0.15) is 99.8 Å². The van der Waals surface area contributed by atoms with E-state index in [0.717, 1.165) is 24.8 Å². The first-order valence-electron chi connectivity index (χ1n) is 17.5. The molecule has 1 aliphatic heterocycles. The average Bonchev–Trinajstić information content (AvgIpc) is 2.98. The van der Waals surface area contributed by atoms with Gasteiger partial charge in [0.05, 0.1) is 30.3 Å². The van der Waals surface area contributed by atoms with Gasteiger partial charge < -0.3 is 45.2 Å². The first kappa shape index (κ1) is 34.7. The Labute approximate surface area is 273 Å². The zero-order valence-electron chi connectivity index (χ0n) is 28.6. The number of carbonyl (C=O) groups is 1.